The van der Waals surface area contributed by atoms with Gasteiger partial charge in [0.2, 0.25) is 8.32 Å². The first kappa shape index (κ1) is 24.4. The smallest absolute Gasteiger partial charge is 0.416 e. The Morgan fingerprint density at radius 2 is 1.00 bits per heavy atom. The predicted molar refractivity (Wildman–Crippen MR) is 136 cm³/mol. The fourth-order valence-electron chi connectivity index (χ4n) is 3.88. The van der Waals surface area contributed by atoms with Crippen molar-refractivity contribution in [3.8, 4) is 0 Å². The normalized spacial score (nSPS) is 13.5. The van der Waals surface area contributed by atoms with Crippen LogP contribution >= 0.6 is 0 Å². The Balaban J connectivity index is 1.90. The Bertz CT molecular complexity index is 905. The average Bonchev–Trinajstić information content (AvgIpc) is 2.87. The third-order valence-corrected chi connectivity index (χ3v) is 12.9. The molecule has 170 valence electrons. The Morgan fingerprint density at radius 3 is 1.41 bits per heavy atom. The summed E-state index contributed by atoms with van der Waals surface area (Å²) in [5, 5.41) is 1.23. The summed E-state index contributed by atoms with van der Waals surface area (Å²) < 4.78 is 22.9. The molecule has 0 aromatic heterocycles. The Kier molecular flexibility index (Phi) is 8.41. The number of hydrogen-bond donors (Lipinski definition) is 0. The zero-order chi connectivity index (χ0) is 23.0. The lowest BCUT2D eigenvalue weighted by atomic mass is 10.2. The first-order valence-electron chi connectivity index (χ1n) is 10.7. The second-order valence-corrected chi connectivity index (χ2v) is 14.8. The van der Waals surface area contributed by atoms with Crippen LogP contribution in [0.4, 0.5) is 17.1 Å². The molecule has 0 saturated carbocycles. The molecule has 7 heteroatoms. The molecule has 32 heavy (non-hydrogen) atoms. The lowest BCUT2D eigenvalue weighted by Gasteiger charge is -2.31. The van der Waals surface area contributed by atoms with E-state index in [0.29, 0.717) is 0 Å². The van der Waals surface area contributed by atoms with Crippen LogP contribution in [-0.2, 0) is 17.7 Å². The highest BCUT2D eigenvalue weighted by Crippen LogP contribution is 2.34. The lowest BCUT2D eigenvalue weighted by molar-refractivity contribution is 0.124. The highest BCUT2D eigenvalue weighted by atomic mass is 28.4. The minimum absolute atomic E-state index is 0.717. The molecule has 0 fully saturated rings. The van der Waals surface area contributed by atoms with E-state index in [1.54, 1.807) is 28.4 Å². The first-order valence-corrected chi connectivity index (χ1v) is 15.3. The average molecular weight is 468 g/mol. The summed E-state index contributed by atoms with van der Waals surface area (Å²) in [6, 6.07) is 31.1. The summed E-state index contributed by atoms with van der Waals surface area (Å²) in [5.41, 5.74) is 3.34. The van der Waals surface area contributed by atoms with Crippen molar-refractivity contribution in [1.82, 2.24) is 0 Å². The van der Waals surface area contributed by atoms with Crippen molar-refractivity contribution in [2.75, 3.05) is 33.3 Å². The third kappa shape index (κ3) is 5.37. The highest BCUT2D eigenvalue weighted by molar-refractivity contribution is 6.86. The van der Waals surface area contributed by atoms with Crippen LogP contribution in [0.25, 0.3) is 0 Å². The van der Waals surface area contributed by atoms with Crippen LogP contribution in [0, 0.1) is 0 Å². The molecule has 5 nitrogen and oxygen atoms in total. The van der Waals surface area contributed by atoms with Crippen molar-refractivity contribution in [3.63, 3.8) is 0 Å². The molecule has 0 aliphatic rings. The zero-order valence-corrected chi connectivity index (χ0v) is 21.6. The molecule has 0 N–H and O–H groups in total. The molecule has 0 aliphatic carbocycles. The van der Waals surface area contributed by atoms with Crippen molar-refractivity contribution >= 4 is 39.4 Å². The maximum absolute atomic E-state index is 6.10. The van der Waals surface area contributed by atoms with Crippen molar-refractivity contribution in [2.45, 2.75) is 18.6 Å². The molecule has 3 aromatic carbocycles. The van der Waals surface area contributed by atoms with Gasteiger partial charge in [-0.2, -0.15) is 0 Å². The molecular weight excluding hydrogens is 434 g/mol. The van der Waals surface area contributed by atoms with Gasteiger partial charge in [-0.05, 0) is 54.2 Å². The maximum Gasteiger partial charge on any atom is 0.499 e. The van der Waals surface area contributed by atoms with Crippen LogP contribution in [0.2, 0.25) is 18.6 Å². The monoisotopic (exact) mass is 467 g/mol. The van der Waals surface area contributed by atoms with Crippen molar-refractivity contribution < 1.29 is 17.7 Å². The quantitative estimate of drug-likeness (QED) is 0.350. The van der Waals surface area contributed by atoms with Gasteiger partial charge in [0, 0.05) is 51.5 Å². The van der Waals surface area contributed by atoms with Gasteiger partial charge in [0.05, 0.1) is 0 Å². The lowest BCUT2D eigenvalue weighted by Crippen LogP contribution is -2.51. The number of para-hydroxylation sites is 2. The number of hydrogen-bond acceptors (Lipinski definition) is 5. The van der Waals surface area contributed by atoms with Crippen LogP contribution in [0.3, 0.4) is 0 Å². The topological polar surface area (TPSA) is 40.2 Å². The van der Waals surface area contributed by atoms with Crippen LogP contribution in [0.1, 0.15) is 0 Å². The minimum Gasteiger partial charge on any atom is -0.416 e. The summed E-state index contributed by atoms with van der Waals surface area (Å²) in [6.45, 7) is 2.23. The fraction of sp³-hybridized carbons (Fsp3) is 0.280. The third-order valence-electron chi connectivity index (χ3n) is 6.06. The number of nitrogens with zero attached hydrogens (tertiary/aromatic N) is 1. The Labute approximate surface area is 194 Å². The predicted octanol–water partition coefficient (Wildman–Crippen LogP) is 5.46. The van der Waals surface area contributed by atoms with Gasteiger partial charge in [-0.1, -0.05) is 48.5 Å². The van der Waals surface area contributed by atoms with E-state index < -0.39 is 17.1 Å². The summed E-state index contributed by atoms with van der Waals surface area (Å²) in [4.78, 5) is 2.26. The van der Waals surface area contributed by atoms with E-state index in [1.807, 2.05) is 12.1 Å². The zero-order valence-electron chi connectivity index (χ0n) is 19.6. The van der Waals surface area contributed by atoms with Gasteiger partial charge in [-0.25, -0.2) is 0 Å². The van der Waals surface area contributed by atoms with E-state index in [2.05, 4.69) is 84.2 Å². The van der Waals surface area contributed by atoms with Crippen LogP contribution in [0.15, 0.2) is 84.9 Å². The maximum atomic E-state index is 6.10. The SMILES string of the molecule is CO[Si](CC[Si](C)(OC)c1ccc(N(c2ccccc2)c2ccccc2)cc1)(OC)OC. The molecular formula is C25H33NO4Si2. The van der Waals surface area contributed by atoms with Crippen molar-refractivity contribution in [1.29, 1.82) is 0 Å². The van der Waals surface area contributed by atoms with E-state index in [0.717, 1.165) is 29.2 Å². The minimum atomic E-state index is -2.65. The van der Waals surface area contributed by atoms with E-state index in [9.17, 15) is 0 Å². The number of benzene rings is 3. The molecule has 0 radical (unpaired) electrons. The molecule has 0 bridgehead atoms. The number of rotatable bonds is 11. The van der Waals surface area contributed by atoms with Gasteiger partial charge in [0.15, 0.2) is 0 Å². The summed E-state index contributed by atoms with van der Waals surface area (Å²) in [7, 11) is 1.92. The van der Waals surface area contributed by atoms with Crippen LogP contribution < -0.4 is 10.1 Å². The molecule has 0 heterocycles. The van der Waals surface area contributed by atoms with Gasteiger partial charge in [0.1, 0.15) is 0 Å². The van der Waals surface area contributed by atoms with Gasteiger partial charge >= 0.3 is 8.80 Å². The standard InChI is InChI=1S/C25H33NO4Si2/c1-27-31(5,20-21-32(28-2,29-3)30-4)25-18-16-24(17-19-25)26(22-12-8-6-9-13-22)23-14-10-7-11-15-23/h6-19H,20-21H2,1-5H3. The van der Waals surface area contributed by atoms with Crippen molar-refractivity contribution in [2.24, 2.45) is 0 Å². The van der Waals surface area contributed by atoms with Crippen LogP contribution in [-0.4, -0.2) is 45.6 Å². The molecule has 1 unspecified atom stereocenters. The number of anilines is 3. The summed E-state index contributed by atoms with van der Waals surface area (Å²) in [6.07, 6.45) is 0. The Morgan fingerprint density at radius 1 is 0.562 bits per heavy atom. The van der Waals surface area contributed by atoms with E-state index >= 15 is 0 Å². The highest BCUT2D eigenvalue weighted by Gasteiger charge is 2.42. The van der Waals surface area contributed by atoms with Gasteiger partial charge in [0.25, 0.3) is 0 Å². The summed E-state index contributed by atoms with van der Waals surface area (Å²) >= 11 is 0. The van der Waals surface area contributed by atoms with E-state index in [-0.39, 0.29) is 0 Å². The fourth-order valence-corrected chi connectivity index (χ4v) is 9.72. The van der Waals surface area contributed by atoms with Gasteiger partial charge in [-0.3, -0.25) is 0 Å². The van der Waals surface area contributed by atoms with Gasteiger partial charge < -0.3 is 22.6 Å². The second kappa shape index (κ2) is 11.0. The molecule has 3 rings (SSSR count). The molecule has 3 aromatic rings. The van der Waals surface area contributed by atoms with E-state index in [1.165, 1.54) is 5.19 Å². The summed E-state index contributed by atoms with van der Waals surface area (Å²) in [5.74, 6) is 0. The second-order valence-electron chi connectivity index (χ2n) is 7.78. The van der Waals surface area contributed by atoms with Crippen molar-refractivity contribution in [3.05, 3.63) is 84.9 Å². The molecule has 0 spiro atoms. The molecule has 0 aliphatic heterocycles. The molecule has 0 amide bonds. The van der Waals surface area contributed by atoms with Crippen LogP contribution in [0.5, 0.6) is 0 Å². The van der Waals surface area contributed by atoms with E-state index in [4.69, 9.17) is 17.7 Å². The molecule has 1 atom stereocenters. The molecule has 0 saturated heterocycles. The largest absolute Gasteiger partial charge is 0.499 e. The van der Waals surface area contributed by atoms with Gasteiger partial charge in [-0.15, -0.1) is 0 Å². The Hall–Kier alpha value is -2.27. The first-order chi connectivity index (χ1) is 15.5.